The molecule has 0 aromatic carbocycles. The maximum Gasteiger partial charge on any atom is 0.145 e. The average Bonchev–Trinajstić information content (AvgIpc) is 2.38. The van der Waals surface area contributed by atoms with Crippen molar-refractivity contribution in [3.8, 4) is 0 Å². The van der Waals surface area contributed by atoms with E-state index < -0.39 is 0 Å². The lowest BCUT2D eigenvalue weighted by Gasteiger charge is -1.81. The Kier molecular flexibility index (Phi) is 25.9. The summed E-state index contributed by atoms with van der Waals surface area (Å²) in [6, 6.07) is 0. The molecule has 0 N–H and O–H groups in total. The van der Waals surface area contributed by atoms with Crippen LogP contribution in [0, 0.1) is 0 Å². The largest absolute Gasteiger partial charge is 0.298 e. The summed E-state index contributed by atoms with van der Waals surface area (Å²) < 4.78 is 0. The predicted octanol–water partition coefficient (Wildman–Crippen LogP) is 2.82. The molecule has 2 atom stereocenters. The molecule has 0 aliphatic heterocycles. The van der Waals surface area contributed by atoms with Gasteiger partial charge in [-0.3, -0.25) is 9.59 Å². The lowest BCUT2D eigenvalue weighted by atomic mass is 10.2. The van der Waals surface area contributed by atoms with Crippen LogP contribution in [0.5, 0.6) is 0 Å². The van der Waals surface area contributed by atoms with E-state index >= 15 is 0 Å². The fourth-order valence-electron chi connectivity index (χ4n) is 0.493. The van der Waals surface area contributed by atoms with E-state index in [0.29, 0.717) is 11.1 Å². The highest BCUT2D eigenvalue weighted by Gasteiger charge is 1.79. The topological polar surface area (TPSA) is 34.1 Å². The fourth-order valence-corrected chi connectivity index (χ4v) is 0.493. The number of hydrogen-bond donors (Lipinski definition) is 0. The lowest BCUT2D eigenvalue weighted by molar-refractivity contribution is -0.105. The van der Waals surface area contributed by atoms with Crippen LogP contribution in [-0.2, 0) is 9.59 Å². The minimum atomic E-state index is 0.656. The molecule has 4 heteroatoms. The van der Waals surface area contributed by atoms with Gasteiger partial charge in [0.2, 0.25) is 0 Å². The van der Waals surface area contributed by atoms with Crippen LogP contribution < -0.4 is 0 Å². The smallest absolute Gasteiger partial charge is 0.145 e. The van der Waals surface area contributed by atoms with Gasteiger partial charge in [0.25, 0.3) is 0 Å². The molecule has 0 rings (SSSR count). The van der Waals surface area contributed by atoms with Crippen LogP contribution in [0.25, 0.3) is 0 Å². The number of rotatable bonds is 4. The first-order valence-electron chi connectivity index (χ1n) is 4.78. The first-order chi connectivity index (χ1) is 7.70. The molecule has 0 aromatic heterocycles. The lowest BCUT2D eigenvalue weighted by Crippen LogP contribution is -1.73. The zero-order valence-electron chi connectivity index (χ0n) is 10.4. The Bertz CT molecular complexity index is 228. The molecule has 0 saturated carbocycles. The SMILES string of the molecule is CP.CP.C\C(C=O)=C/C=C/C=C(\C)C=O. The number of carbonyl (C=O) groups excluding carboxylic acids is 2. The number of hydrogen-bond acceptors (Lipinski definition) is 2. The van der Waals surface area contributed by atoms with Gasteiger partial charge in [-0.15, -0.1) is 18.5 Å². The fraction of sp³-hybridized carbons (Fsp3) is 0.333. The van der Waals surface area contributed by atoms with Crippen LogP contribution in [0.4, 0.5) is 0 Å². The van der Waals surface area contributed by atoms with Gasteiger partial charge in [-0.05, 0) is 25.0 Å². The summed E-state index contributed by atoms with van der Waals surface area (Å²) in [5.41, 5.74) is 1.31. The summed E-state index contributed by atoms with van der Waals surface area (Å²) >= 11 is 0. The van der Waals surface area contributed by atoms with Crippen LogP contribution >= 0.6 is 18.5 Å². The van der Waals surface area contributed by atoms with Gasteiger partial charge in [-0.1, -0.05) is 37.6 Å². The minimum Gasteiger partial charge on any atom is -0.298 e. The number of aldehydes is 2. The maximum atomic E-state index is 10.1. The molecule has 0 heterocycles. The first kappa shape index (κ1) is 20.8. The quantitative estimate of drug-likeness (QED) is 0.337. The van der Waals surface area contributed by atoms with Crippen molar-refractivity contribution in [2.45, 2.75) is 13.8 Å². The third kappa shape index (κ3) is 19.1. The predicted molar refractivity (Wildman–Crippen MR) is 80.1 cm³/mol. The molecule has 0 saturated heterocycles. The van der Waals surface area contributed by atoms with Gasteiger partial charge in [0.1, 0.15) is 12.6 Å². The van der Waals surface area contributed by atoms with Gasteiger partial charge in [0, 0.05) is 0 Å². The van der Waals surface area contributed by atoms with Crippen molar-refractivity contribution in [1.82, 2.24) is 0 Å². The highest BCUT2D eigenvalue weighted by atomic mass is 31.0. The van der Waals surface area contributed by atoms with Crippen LogP contribution in [-0.4, -0.2) is 25.9 Å². The second-order valence-corrected chi connectivity index (χ2v) is 2.44. The van der Waals surface area contributed by atoms with Gasteiger partial charge in [-0.25, -0.2) is 0 Å². The molecule has 2 nitrogen and oxygen atoms in total. The molecule has 0 amide bonds. The monoisotopic (exact) mass is 260 g/mol. The molecule has 0 spiro atoms. The molecule has 0 radical (unpaired) electrons. The van der Waals surface area contributed by atoms with E-state index in [4.69, 9.17) is 0 Å². The van der Waals surface area contributed by atoms with Crippen molar-refractivity contribution in [2.24, 2.45) is 0 Å². The molecule has 0 aliphatic rings. The van der Waals surface area contributed by atoms with E-state index in [-0.39, 0.29) is 0 Å². The molecule has 2 unspecified atom stereocenters. The molecule has 16 heavy (non-hydrogen) atoms. The third-order valence-electron chi connectivity index (χ3n) is 1.20. The molecular formula is C12H22O2P2. The van der Waals surface area contributed by atoms with Crippen LogP contribution in [0.3, 0.4) is 0 Å². The number of carbonyl (C=O) groups is 2. The van der Waals surface area contributed by atoms with Crippen molar-refractivity contribution < 1.29 is 9.59 Å². The van der Waals surface area contributed by atoms with Crippen molar-refractivity contribution in [1.29, 1.82) is 0 Å². The van der Waals surface area contributed by atoms with E-state index in [9.17, 15) is 9.59 Å². The molecule has 0 aliphatic carbocycles. The summed E-state index contributed by atoms with van der Waals surface area (Å²) in [7, 11) is 4.83. The van der Waals surface area contributed by atoms with E-state index in [1.165, 1.54) is 0 Å². The van der Waals surface area contributed by atoms with Gasteiger partial charge < -0.3 is 0 Å². The van der Waals surface area contributed by atoms with Crippen molar-refractivity contribution in [2.75, 3.05) is 13.3 Å². The molecule has 92 valence electrons. The highest BCUT2D eigenvalue weighted by Crippen LogP contribution is 1.90. The van der Waals surface area contributed by atoms with Gasteiger partial charge in [0.15, 0.2) is 0 Å². The van der Waals surface area contributed by atoms with E-state index in [0.717, 1.165) is 12.6 Å². The van der Waals surface area contributed by atoms with Gasteiger partial charge in [0.05, 0.1) is 0 Å². The summed E-state index contributed by atoms with van der Waals surface area (Å²) in [5.74, 6) is 0. The highest BCUT2D eigenvalue weighted by molar-refractivity contribution is 7.15. The van der Waals surface area contributed by atoms with E-state index in [1.807, 2.05) is 13.3 Å². The first-order valence-corrected chi connectivity index (χ1v) is 7.09. The molecule has 0 aromatic rings. The van der Waals surface area contributed by atoms with Crippen molar-refractivity contribution in [3.05, 3.63) is 35.5 Å². The molecule has 0 bridgehead atoms. The van der Waals surface area contributed by atoms with Gasteiger partial charge >= 0.3 is 0 Å². The maximum absolute atomic E-state index is 10.1. The summed E-state index contributed by atoms with van der Waals surface area (Å²) in [4.78, 5) is 20.2. The summed E-state index contributed by atoms with van der Waals surface area (Å²) in [6.07, 6.45) is 8.36. The van der Waals surface area contributed by atoms with Crippen LogP contribution in [0.15, 0.2) is 35.5 Å². The Morgan fingerprint density at radius 3 is 1.19 bits per heavy atom. The zero-order chi connectivity index (χ0) is 13.4. The van der Waals surface area contributed by atoms with Crippen molar-refractivity contribution >= 4 is 31.1 Å². The Morgan fingerprint density at radius 1 is 0.750 bits per heavy atom. The molecule has 0 fully saturated rings. The Balaban J connectivity index is -0.000000376. The molecular weight excluding hydrogens is 238 g/mol. The van der Waals surface area contributed by atoms with Crippen molar-refractivity contribution in [3.63, 3.8) is 0 Å². The minimum absolute atomic E-state index is 0.656. The van der Waals surface area contributed by atoms with Crippen LogP contribution in [0.1, 0.15) is 13.8 Å². The standard InChI is InChI=1S/C10H12O2.2CH5P/c1-9(7-11)5-3-4-6-10(2)8-12;2*1-2/h3-8H,1-2H3;2*2H2,1H3/b4-3+,9-5+,10-6+;;. The Hall–Kier alpha value is -0.580. The van der Waals surface area contributed by atoms with E-state index in [2.05, 4.69) is 18.5 Å². The second-order valence-electron chi connectivity index (χ2n) is 2.44. The third-order valence-corrected chi connectivity index (χ3v) is 1.20. The van der Waals surface area contributed by atoms with Gasteiger partial charge in [-0.2, -0.15) is 0 Å². The Morgan fingerprint density at radius 2 is 1.00 bits per heavy atom. The average molecular weight is 260 g/mol. The zero-order valence-corrected chi connectivity index (χ0v) is 12.7. The normalized spacial score (nSPS) is 10.9. The summed E-state index contributed by atoms with van der Waals surface area (Å²) in [6.45, 7) is 7.27. The second kappa shape index (κ2) is 19.9. The Labute approximate surface area is 104 Å². The summed E-state index contributed by atoms with van der Waals surface area (Å²) in [5, 5.41) is 0. The number of allylic oxidation sites excluding steroid dienone is 6. The van der Waals surface area contributed by atoms with E-state index in [1.54, 1.807) is 38.2 Å². The van der Waals surface area contributed by atoms with Crippen LogP contribution in [0.2, 0.25) is 0 Å².